The summed E-state index contributed by atoms with van der Waals surface area (Å²) in [5.41, 5.74) is 3.95. The number of aryl methyl sites for hydroxylation is 2. The van der Waals surface area contributed by atoms with Gasteiger partial charge in [0.15, 0.2) is 11.8 Å². The van der Waals surface area contributed by atoms with E-state index in [9.17, 15) is 9.59 Å². The molecule has 1 radical (unpaired) electrons. The first kappa shape index (κ1) is 23.6. The van der Waals surface area contributed by atoms with Crippen molar-refractivity contribution in [1.29, 1.82) is 0 Å². The third kappa shape index (κ3) is 10.2. The van der Waals surface area contributed by atoms with Gasteiger partial charge in [-0.25, -0.2) is 0 Å². The van der Waals surface area contributed by atoms with E-state index in [-0.39, 0.29) is 40.4 Å². The Kier molecular flexibility index (Phi) is 12.2. The predicted molar refractivity (Wildman–Crippen MR) is 104 cm³/mol. The maximum atomic E-state index is 10.9. The molecule has 0 saturated carbocycles. The van der Waals surface area contributed by atoms with E-state index in [4.69, 9.17) is 0 Å². The van der Waals surface area contributed by atoms with Gasteiger partial charge in [0.25, 0.3) is 0 Å². The Morgan fingerprint density at radius 2 is 1.00 bits per heavy atom. The van der Waals surface area contributed by atoms with Gasteiger partial charge in [-0.2, -0.15) is 0 Å². The zero-order chi connectivity index (χ0) is 17.9. The number of anilines is 2. The fourth-order valence-corrected chi connectivity index (χ4v) is 1.81. The van der Waals surface area contributed by atoms with Gasteiger partial charge in [0.05, 0.1) is 0 Å². The van der Waals surface area contributed by atoms with E-state index in [2.05, 4.69) is 35.9 Å². The minimum atomic E-state index is -0.131. The standard InChI is InChI=1S/2C9H11NOS.Mn/c2*1-7-2-4-8(5-3-7)10-9(11)6-12;/h2*2-5,12H,6H2,1H3,(H,10,11);/q;;+2/p-2. The van der Waals surface area contributed by atoms with Gasteiger partial charge in [0.2, 0.25) is 0 Å². The van der Waals surface area contributed by atoms with Crippen molar-refractivity contribution in [2.45, 2.75) is 13.8 Å². The molecule has 4 nitrogen and oxygen atoms in total. The van der Waals surface area contributed by atoms with Crippen molar-refractivity contribution in [2.75, 3.05) is 22.1 Å². The Morgan fingerprint density at radius 1 is 0.720 bits per heavy atom. The minimum Gasteiger partial charge on any atom is -0.783 e. The molecule has 133 valence electrons. The Labute approximate surface area is 170 Å². The zero-order valence-corrected chi connectivity index (χ0v) is 16.9. The molecule has 0 aromatic heterocycles. The Morgan fingerprint density at radius 3 is 1.24 bits per heavy atom. The normalized spacial score (nSPS) is 9.12. The van der Waals surface area contributed by atoms with Crippen LogP contribution < -0.4 is 10.6 Å². The third-order valence-corrected chi connectivity index (χ3v) is 3.46. The van der Waals surface area contributed by atoms with Crippen molar-refractivity contribution in [2.24, 2.45) is 0 Å². The second-order valence-electron chi connectivity index (χ2n) is 5.12. The van der Waals surface area contributed by atoms with Crippen molar-refractivity contribution >= 4 is 48.4 Å². The quantitative estimate of drug-likeness (QED) is 0.596. The van der Waals surface area contributed by atoms with Crippen LogP contribution in [0.2, 0.25) is 0 Å². The number of carbonyl (C=O) groups excluding carboxylic acids is 2. The maximum Gasteiger partial charge on any atom is 2.00 e. The molecule has 0 spiro atoms. The van der Waals surface area contributed by atoms with E-state index in [1.54, 1.807) is 0 Å². The first-order chi connectivity index (χ1) is 11.4. The first-order valence-electron chi connectivity index (χ1n) is 7.34. The molecule has 2 rings (SSSR count). The van der Waals surface area contributed by atoms with Crippen LogP contribution in [0, 0.1) is 13.8 Å². The van der Waals surface area contributed by atoms with Crippen LogP contribution in [-0.4, -0.2) is 23.3 Å². The summed E-state index contributed by atoms with van der Waals surface area (Å²) in [7, 11) is 0. The summed E-state index contributed by atoms with van der Waals surface area (Å²) < 4.78 is 0. The molecule has 7 heteroatoms. The molecule has 0 aliphatic rings. The van der Waals surface area contributed by atoms with E-state index < -0.39 is 0 Å². The molecular formula is C18H20MnN2O2S2. The zero-order valence-electron chi connectivity index (χ0n) is 14.0. The Hall–Kier alpha value is -1.40. The fourth-order valence-electron chi connectivity index (χ4n) is 1.67. The molecule has 2 aromatic rings. The molecule has 0 atom stereocenters. The second-order valence-corrected chi connectivity index (χ2v) is 5.69. The average Bonchev–Trinajstić information content (AvgIpc) is 2.59. The SMILES string of the molecule is Cc1ccc(NC(=O)C[S-])cc1.Cc1ccc(NC(=O)C[S-])cc1.[Mn+2]. The van der Waals surface area contributed by atoms with Crippen molar-refractivity contribution < 1.29 is 26.7 Å². The Balaban J connectivity index is 0.000000443. The van der Waals surface area contributed by atoms with Crippen LogP contribution in [0.25, 0.3) is 0 Å². The molecule has 0 saturated heterocycles. The van der Waals surface area contributed by atoms with E-state index in [0.29, 0.717) is 0 Å². The van der Waals surface area contributed by atoms with Gasteiger partial charge in [-0.05, 0) is 38.1 Å². The molecule has 2 N–H and O–H groups in total. The van der Waals surface area contributed by atoms with Crippen molar-refractivity contribution in [3.05, 3.63) is 59.7 Å². The smallest absolute Gasteiger partial charge is 0.783 e. The van der Waals surface area contributed by atoms with E-state index >= 15 is 0 Å². The summed E-state index contributed by atoms with van der Waals surface area (Å²) in [6.45, 7) is 4.00. The molecule has 0 heterocycles. The summed E-state index contributed by atoms with van der Waals surface area (Å²) in [5, 5.41) is 5.35. The minimum absolute atomic E-state index is 0. The van der Waals surface area contributed by atoms with Gasteiger partial charge in [-0.15, -0.1) is 0 Å². The molecule has 0 aliphatic carbocycles. The Bertz CT molecular complexity index is 602. The molecular weight excluding hydrogens is 395 g/mol. The van der Waals surface area contributed by atoms with Gasteiger partial charge >= 0.3 is 17.1 Å². The van der Waals surface area contributed by atoms with Crippen molar-refractivity contribution in [3.63, 3.8) is 0 Å². The van der Waals surface area contributed by atoms with Gasteiger partial charge in [-0.3, -0.25) is 9.59 Å². The molecule has 25 heavy (non-hydrogen) atoms. The van der Waals surface area contributed by atoms with Crippen LogP contribution in [-0.2, 0) is 51.9 Å². The number of rotatable bonds is 4. The molecule has 2 amide bonds. The van der Waals surface area contributed by atoms with Gasteiger partial charge in [0.1, 0.15) is 0 Å². The number of amides is 2. The van der Waals surface area contributed by atoms with Crippen LogP contribution in [0.1, 0.15) is 11.1 Å². The average molecular weight is 415 g/mol. The van der Waals surface area contributed by atoms with Gasteiger partial charge < -0.3 is 35.9 Å². The molecule has 0 unspecified atom stereocenters. The maximum absolute atomic E-state index is 10.9. The largest absolute Gasteiger partial charge is 2.00 e. The summed E-state index contributed by atoms with van der Waals surface area (Å²) in [6.07, 6.45) is 0. The van der Waals surface area contributed by atoms with Crippen LogP contribution in [0.4, 0.5) is 11.4 Å². The molecule has 2 aromatic carbocycles. The van der Waals surface area contributed by atoms with Gasteiger partial charge in [0, 0.05) is 11.4 Å². The summed E-state index contributed by atoms with van der Waals surface area (Å²) in [4.78, 5) is 21.7. The van der Waals surface area contributed by atoms with Crippen molar-refractivity contribution in [3.8, 4) is 0 Å². The predicted octanol–water partition coefficient (Wildman–Crippen LogP) is 2.96. The van der Waals surface area contributed by atoms with Gasteiger partial charge in [-0.1, -0.05) is 46.9 Å². The molecule has 0 bridgehead atoms. The summed E-state index contributed by atoms with van der Waals surface area (Å²) in [6, 6.07) is 15.2. The van der Waals surface area contributed by atoms with Crippen LogP contribution >= 0.6 is 0 Å². The molecule has 0 aliphatic heterocycles. The van der Waals surface area contributed by atoms with Crippen molar-refractivity contribution in [1.82, 2.24) is 0 Å². The van der Waals surface area contributed by atoms with Crippen LogP contribution in [0.15, 0.2) is 48.5 Å². The van der Waals surface area contributed by atoms with E-state index in [1.807, 2.05) is 62.4 Å². The molecule has 0 fully saturated rings. The topological polar surface area (TPSA) is 58.2 Å². The van der Waals surface area contributed by atoms with E-state index in [1.165, 1.54) is 11.1 Å². The van der Waals surface area contributed by atoms with Crippen LogP contribution in [0.3, 0.4) is 0 Å². The number of hydrogen-bond acceptors (Lipinski definition) is 4. The number of hydrogen-bond donors (Lipinski definition) is 2. The number of benzene rings is 2. The number of nitrogens with one attached hydrogen (secondary N) is 2. The fraction of sp³-hybridized carbons (Fsp3) is 0.222. The summed E-state index contributed by atoms with van der Waals surface area (Å²) >= 11 is 9.18. The second kappa shape index (κ2) is 12.9. The number of carbonyl (C=O) groups is 2. The monoisotopic (exact) mass is 415 g/mol. The van der Waals surface area contributed by atoms with E-state index in [0.717, 1.165) is 11.4 Å². The summed E-state index contributed by atoms with van der Waals surface area (Å²) in [5.74, 6) is -0.0513. The van der Waals surface area contributed by atoms with Crippen LogP contribution in [0.5, 0.6) is 0 Å². The third-order valence-electron chi connectivity index (χ3n) is 2.93. The first-order valence-corrected chi connectivity index (χ1v) is 8.49.